The normalized spacial score (nSPS) is 17.0. The maximum atomic E-state index is 12.0. The summed E-state index contributed by atoms with van der Waals surface area (Å²) >= 11 is 0. The molecule has 0 saturated heterocycles. The number of allylic oxidation sites excluding steroid dienone is 2. The first-order chi connectivity index (χ1) is 10.6. The maximum Gasteiger partial charge on any atom is 0.306 e. The Morgan fingerprint density at radius 3 is 3.09 bits per heavy atom. The first kappa shape index (κ1) is 14.5. The standard InChI is InChI=1S/C17H18N2O3/c1-12-6-7-15-18-14(9-16(20)19(15)10-12)11-22-17(21)8-13-4-2-3-5-13/h2,4,6-7,9-10,13H,3,5,8,11H2,1H3. The highest BCUT2D eigenvalue weighted by Crippen LogP contribution is 2.20. The number of rotatable bonds is 4. The van der Waals surface area contributed by atoms with Crippen molar-refractivity contribution >= 4 is 11.6 Å². The molecule has 1 aliphatic carbocycles. The van der Waals surface area contributed by atoms with Gasteiger partial charge in [-0.2, -0.15) is 0 Å². The Hall–Kier alpha value is -2.43. The van der Waals surface area contributed by atoms with Crippen LogP contribution in [0.4, 0.5) is 0 Å². The van der Waals surface area contributed by atoms with E-state index in [-0.39, 0.29) is 24.1 Å². The summed E-state index contributed by atoms with van der Waals surface area (Å²) in [5.74, 6) is 0.0353. The van der Waals surface area contributed by atoms with Gasteiger partial charge in [-0.3, -0.25) is 14.0 Å². The van der Waals surface area contributed by atoms with Crippen LogP contribution in [0.3, 0.4) is 0 Å². The van der Waals surface area contributed by atoms with E-state index in [4.69, 9.17) is 4.74 Å². The second kappa shape index (κ2) is 6.13. The number of pyridine rings is 1. The summed E-state index contributed by atoms with van der Waals surface area (Å²) in [7, 11) is 0. The molecule has 0 saturated carbocycles. The molecule has 0 N–H and O–H groups in total. The van der Waals surface area contributed by atoms with Crippen LogP contribution in [0.2, 0.25) is 0 Å². The van der Waals surface area contributed by atoms with E-state index < -0.39 is 0 Å². The van der Waals surface area contributed by atoms with E-state index in [0.29, 0.717) is 17.8 Å². The zero-order valence-corrected chi connectivity index (χ0v) is 12.5. The molecule has 0 spiro atoms. The zero-order valence-electron chi connectivity index (χ0n) is 12.5. The number of ether oxygens (including phenoxy) is 1. The van der Waals surface area contributed by atoms with E-state index in [2.05, 4.69) is 17.1 Å². The van der Waals surface area contributed by atoms with Crippen LogP contribution in [-0.2, 0) is 16.1 Å². The van der Waals surface area contributed by atoms with Gasteiger partial charge >= 0.3 is 5.97 Å². The molecule has 0 radical (unpaired) electrons. The Kier molecular flexibility index (Phi) is 4.04. The van der Waals surface area contributed by atoms with Gasteiger partial charge in [-0.1, -0.05) is 18.2 Å². The molecule has 0 amide bonds. The lowest BCUT2D eigenvalue weighted by Crippen LogP contribution is -2.17. The molecule has 1 atom stereocenters. The number of carbonyl (C=O) groups is 1. The van der Waals surface area contributed by atoms with Crippen LogP contribution in [0.25, 0.3) is 5.65 Å². The number of hydrogen-bond donors (Lipinski definition) is 0. The minimum absolute atomic E-state index is 0.0366. The number of aryl methyl sites for hydroxylation is 1. The van der Waals surface area contributed by atoms with Crippen molar-refractivity contribution in [3.63, 3.8) is 0 Å². The molecule has 1 aliphatic rings. The molecular formula is C17H18N2O3. The fraction of sp³-hybridized carbons (Fsp3) is 0.353. The Balaban J connectivity index is 1.68. The lowest BCUT2D eigenvalue weighted by Gasteiger charge is -2.08. The van der Waals surface area contributed by atoms with Crippen molar-refractivity contribution in [2.24, 2.45) is 5.92 Å². The highest BCUT2D eigenvalue weighted by molar-refractivity contribution is 5.70. The van der Waals surface area contributed by atoms with Crippen molar-refractivity contribution in [2.75, 3.05) is 0 Å². The summed E-state index contributed by atoms with van der Waals surface area (Å²) in [5.41, 5.74) is 1.85. The second-order valence-electron chi connectivity index (χ2n) is 5.65. The van der Waals surface area contributed by atoms with Crippen LogP contribution in [-0.4, -0.2) is 15.4 Å². The van der Waals surface area contributed by atoms with Gasteiger partial charge in [0.2, 0.25) is 0 Å². The van der Waals surface area contributed by atoms with Gasteiger partial charge in [0.1, 0.15) is 12.3 Å². The topological polar surface area (TPSA) is 60.7 Å². The molecule has 2 aromatic heterocycles. The summed E-state index contributed by atoms with van der Waals surface area (Å²) in [6.07, 6.45) is 8.32. The van der Waals surface area contributed by atoms with Crippen molar-refractivity contribution in [3.8, 4) is 0 Å². The minimum Gasteiger partial charge on any atom is -0.459 e. The molecule has 1 unspecified atom stereocenters. The molecule has 114 valence electrons. The molecule has 2 heterocycles. The molecule has 5 nitrogen and oxygen atoms in total. The maximum absolute atomic E-state index is 12.0. The van der Waals surface area contributed by atoms with Crippen LogP contribution >= 0.6 is 0 Å². The molecule has 2 aromatic rings. The van der Waals surface area contributed by atoms with Gasteiger partial charge in [-0.05, 0) is 37.3 Å². The highest BCUT2D eigenvalue weighted by Gasteiger charge is 2.15. The summed E-state index contributed by atoms with van der Waals surface area (Å²) < 4.78 is 6.72. The van der Waals surface area contributed by atoms with Crippen LogP contribution in [0.15, 0.2) is 41.3 Å². The molecule has 0 aliphatic heterocycles. The first-order valence-electron chi connectivity index (χ1n) is 7.43. The van der Waals surface area contributed by atoms with E-state index in [1.54, 1.807) is 12.3 Å². The monoisotopic (exact) mass is 298 g/mol. The molecule has 0 fully saturated rings. The average Bonchev–Trinajstić information content (AvgIpc) is 2.99. The van der Waals surface area contributed by atoms with Crippen molar-refractivity contribution in [1.82, 2.24) is 9.38 Å². The Bertz CT molecular complexity index is 792. The van der Waals surface area contributed by atoms with Crippen LogP contribution in [0.5, 0.6) is 0 Å². The second-order valence-corrected chi connectivity index (χ2v) is 5.65. The van der Waals surface area contributed by atoms with Crippen molar-refractivity contribution in [2.45, 2.75) is 32.8 Å². The van der Waals surface area contributed by atoms with Crippen molar-refractivity contribution < 1.29 is 9.53 Å². The van der Waals surface area contributed by atoms with Gasteiger partial charge < -0.3 is 4.74 Å². The molecule has 0 bridgehead atoms. The van der Waals surface area contributed by atoms with E-state index in [0.717, 1.165) is 18.4 Å². The third-order valence-corrected chi connectivity index (χ3v) is 3.78. The van der Waals surface area contributed by atoms with Crippen LogP contribution in [0, 0.1) is 12.8 Å². The highest BCUT2D eigenvalue weighted by atomic mass is 16.5. The first-order valence-corrected chi connectivity index (χ1v) is 7.43. The number of fused-ring (bicyclic) bond motifs is 1. The van der Waals surface area contributed by atoms with Crippen molar-refractivity contribution in [3.05, 3.63) is 58.2 Å². The van der Waals surface area contributed by atoms with Gasteiger partial charge in [-0.15, -0.1) is 0 Å². The minimum atomic E-state index is -0.248. The van der Waals surface area contributed by atoms with E-state index in [1.807, 2.05) is 13.0 Å². The van der Waals surface area contributed by atoms with Gasteiger partial charge in [-0.25, -0.2) is 4.98 Å². The third-order valence-electron chi connectivity index (χ3n) is 3.78. The lowest BCUT2D eigenvalue weighted by molar-refractivity contribution is -0.145. The fourth-order valence-corrected chi connectivity index (χ4v) is 2.62. The molecule has 5 heteroatoms. The summed E-state index contributed by atoms with van der Waals surface area (Å²) in [5, 5.41) is 0. The van der Waals surface area contributed by atoms with Crippen molar-refractivity contribution in [1.29, 1.82) is 0 Å². The molecular weight excluding hydrogens is 280 g/mol. The fourth-order valence-electron chi connectivity index (χ4n) is 2.62. The van der Waals surface area contributed by atoms with Gasteiger partial charge in [0.25, 0.3) is 5.56 Å². The Labute approximate surface area is 128 Å². The van der Waals surface area contributed by atoms with E-state index in [1.165, 1.54) is 10.5 Å². The average molecular weight is 298 g/mol. The molecule has 0 aromatic carbocycles. The third kappa shape index (κ3) is 3.24. The number of aromatic nitrogens is 2. The predicted octanol–water partition coefficient (Wildman–Crippen LogP) is 2.40. The molecule has 22 heavy (non-hydrogen) atoms. The van der Waals surface area contributed by atoms with Gasteiger partial charge in [0.05, 0.1) is 12.1 Å². The quantitative estimate of drug-likeness (QED) is 0.642. The SMILES string of the molecule is Cc1ccc2nc(COC(=O)CC3C=CCC3)cc(=O)n2c1. The number of nitrogens with zero attached hydrogens (tertiary/aromatic N) is 2. The summed E-state index contributed by atoms with van der Waals surface area (Å²) in [6.45, 7) is 1.95. The predicted molar refractivity (Wildman–Crippen MR) is 82.5 cm³/mol. The number of hydrogen-bond acceptors (Lipinski definition) is 4. The van der Waals surface area contributed by atoms with E-state index in [9.17, 15) is 9.59 Å². The number of carbonyl (C=O) groups excluding carboxylic acids is 1. The van der Waals surface area contributed by atoms with Gasteiger partial charge in [0, 0.05) is 12.3 Å². The summed E-state index contributed by atoms with van der Waals surface area (Å²) in [4.78, 5) is 28.2. The van der Waals surface area contributed by atoms with Gasteiger partial charge in [0.15, 0.2) is 0 Å². The van der Waals surface area contributed by atoms with Crippen LogP contribution in [0.1, 0.15) is 30.5 Å². The molecule has 3 rings (SSSR count). The van der Waals surface area contributed by atoms with E-state index >= 15 is 0 Å². The smallest absolute Gasteiger partial charge is 0.306 e. The zero-order chi connectivity index (χ0) is 15.5. The lowest BCUT2D eigenvalue weighted by atomic mass is 10.1. The number of esters is 1. The Morgan fingerprint density at radius 1 is 1.45 bits per heavy atom. The summed E-state index contributed by atoms with van der Waals surface area (Å²) in [6, 6.07) is 5.09. The Morgan fingerprint density at radius 2 is 2.32 bits per heavy atom. The van der Waals surface area contributed by atoms with Crippen LogP contribution < -0.4 is 5.56 Å². The largest absolute Gasteiger partial charge is 0.459 e.